The molecule has 0 aliphatic heterocycles. The van der Waals surface area contributed by atoms with Crippen molar-refractivity contribution in [3.63, 3.8) is 0 Å². The number of carbonyl (C=O) groups is 2. The monoisotopic (exact) mass is 245 g/mol. The lowest BCUT2D eigenvalue weighted by molar-refractivity contribution is -0.142. The predicted molar refractivity (Wildman–Crippen MR) is 64.8 cm³/mol. The van der Waals surface area contributed by atoms with E-state index in [1.54, 1.807) is 20.8 Å². The fourth-order valence-corrected chi connectivity index (χ4v) is 1.36. The molecule has 2 N–H and O–H groups in total. The van der Waals surface area contributed by atoms with Crippen LogP contribution in [0.5, 0.6) is 0 Å². The van der Waals surface area contributed by atoms with Gasteiger partial charge in [-0.1, -0.05) is 13.8 Å². The Bertz CT molecular complexity index is 268. The van der Waals surface area contributed by atoms with Gasteiger partial charge in [0.25, 0.3) is 0 Å². The maximum absolute atomic E-state index is 11.3. The van der Waals surface area contributed by atoms with Crippen molar-refractivity contribution in [3.8, 4) is 0 Å². The van der Waals surface area contributed by atoms with Crippen molar-refractivity contribution >= 4 is 12.1 Å². The molecular formula is C12H23NO4. The second-order valence-corrected chi connectivity index (χ2v) is 5.55. The van der Waals surface area contributed by atoms with E-state index in [0.717, 1.165) is 0 Å². The molecule has 0 spiro atoms. The van der Waals surface area contributed by atoms with Gasteiger partial charge in [-0.2, -0.15) is 0 Å². The average molecular weight is 245 g/mol. The summed E-state index contributed by atoms with van der Waals surface area (Å²) in [5, 5.41) is 11.5. The van der Waals surface area contributed by atoms with Crippen molar-refractivity contribution in [3.05, 3.63) is 0 Å². The highest BCUT2D eigenvalue weighted by Crippen LogP contribution is 2.12. The van der Waals surface area contributed by atoms with Crippen LogP contribution in [0, 0.1) is 11.8 Å². The van der Waals surface area contributed by atoms with Crippen molar-refractivity contribution in [2.24, 2.45) is 11.8 Å². The largest absolute Gasteiger partial charge is 0.481 e. The van der Waals surface area contributed by atoms with Gasteiger partial charge in [-0.15, -0.1) is 0 Å². The molecule has 0 aromatic heterocycles. The van der Waals surface area contributed by atoms with Crippen LogP contribution in [0.3, 0.4) is 0 Å². The first kappa shape index (κ1) is 15.7. The van der Waals surface area contributed by atoms with Gasteiger partial charge in [0.2, 0.25) is 0 Å². The molecule has 0 radical (unpaired) electrons. The summed E-state index contributed by atoms with van der Waals surface area (Å²) in [6, 6.07) is 0. The average Bonchev–Trinajstić information content (AvgIpc) is 2.08. The fourth-order valence-electron chi connectivity index (χ4n) is 1.36. The lowest BCUT2D eigenvalue weighted by atomic mass is 9.97. The Morgan fingerprint density at radius 1 is 1.29 bits per heavy atom. The van der Waals surface area contributed by atoms with Gasteiger partial charge in [-0.25, -0.2) is 4.79 Å². The summed E-state index contributed by atoms with van der Waals surface area (Å²) in [5.41, 5.74) is -0.569. The molecule has 0 unspecified atom stereocenters. The molecular weight excluding hydrogens is 222 g/mol. The first-order chi connectivity index (χ1) is 7.61. The second kappa shape index (κ2) is 6.47. The van der Waals surface area contributed by atoms with E-state index in [2.05, 4.69) is 5.32 Å². The Balaban J connectivity index is 4.13. The standard InChI is InChI=1S/C12H23NO4/c1-8(2)6-9(10(14)15)7-13-11(16)17-12(3,4)5/h8-9H,6-7H2,1-5H3,(H,13,16)(H,14,15)/t9-/m1/s1. The quantitative estimate of drug-likeness (QED) is 0.779. The first-order valence-electron chi connectivity index (χ1n) is 5.81. The molecule has 0 heterocycles. The first-order valence-corrected chi connectivity index (χ1v) is 5.81. The van der Waals surface area contributed by atoms with E-state index >= 15 is 0 Å². The normalized spacial score (nSPS) is 13.3. The van der Waals surface area contributed by atoms with Crippen LogP contribution < -0.4 is 5.32 Å². The smallest absolute Gasteiger partial charge is 0.407 e. The molecule has 0 aromatic rings. The van der Waals surface area contributed by atoms with Crippen LogP contribution in [0.15, 0.2) is 0 Å². The number of hydrogen-bond acceptors (Lipinski definition) is 3. The highest BCUT2D eigenvalue weighted by Gasteiger charge is 2.21. The van der Waals surface area contributed by atoms with E-state index in [0.29, 0.717) is 6.42 Å². The van der Waals surface area contributed by atoms with Crippen molar-refractivity contribution in [1.82, 2.24) is 5.32 Å². The minimum atomic E-state index is -0.894. The summed E-state index contributed by atoms with van der Waals surface area (Å²) >= 11 is 0. The van der Waals surface area contributed by atoms with E-state index in [4.69, 9.17) is 9.84 Å². The number of carboxylic acids is 1. The maximum atomic E-state index is 11.3. The Labute approximate surface area is 103 Å². The van der Waals surface area contributed by atoms with Gasteiger partial charge in [0.05, 0.1) is 5.92 Å². The zero-order valence-electron chi connectivity index (χ0n) is 11.2. The van der Waals surface area contributed by atoms with E-state index < -0.39 is 23.6 Å². The summed E-state index contributed by atoms with van der Waals surface area (Å²) < 4.78 is 5.03. The Kier molecular flexibility index (Phi) is 5.99. The molecule has 1 atom stereocenters. The number of carboxylic acid groups (broad SMARTS) is 1. The summed E-state index contributed by atoms with van der Waals surface area (Å²) in [6.45, 7) is 9.27. The van der Waals surface area contributed by atoms with E-state index in [-0.39, 0.29) is 12.5 Å². The van der Waals surface area contributed by atoms with Crippen LogP contribution in [0.2, 0.25) is 0 Å². The zero-order chi connectivity index (χ0) is 13.6. The minimum absolute atomic E-state index is 0.0996. The summed E-state index contributed by atoms with van der Waals surface area (Å²) in [6.07, 6.45) is -0.0435. The third-order valence-electron chi connectivity index (χ3n) is 2.00. The van der Waals surface area contributed by atoms with Crippen LogP contribution in [-0.4, -0.2) is 29.3 Å². The Morgan fingerprint density at radius 2 is 1.82 bits per heavy atom. The van der Waals surface area contributed by atoms with Gasteiger partial charge in [-0.3, -0.25) is 4.79 Å². The number of nitrogens with one attached hydrogen (secondary N) is 1. The van der Waals surface area contributed by atoms with Gasteiger partial charge in [0, 0.05) is 6.54 Å². The molecule has 0 aliphatic carbocycles. The van der Waals surface area contributed by atoms with Crippen LogP contribution in [0.25, 0.3) is 0 Å². The highest BCUT2D eigenvalue weighted by atomic mass is 16.6. The SMILES string of the molecule is CC(C)C[C@H](CNC(=O)OC(C)(C)C)C(=O)O. The topological polar surface area (TPSA) is 75.6 Å². The number of ether oxygens (including phenoxy) is 1. The number of alkyl carbamates (subject to hydrolysis) is 1. The van der Waals surface area contributed by atoms with E-state index in [9.17, 15) is 9.59 Å². The summed E-state index contributed by atoms with van der Waals surface area (Å²) in [4.78, 5) is 22.3. The molecule has 5 heteroatoms. The van der Waals surface area contributed by atoms with Gasteiger partial charge in [0.1, 0.15) is 5.60 Å². The third-order valence-corrected chi connectivity index (χ3v) is 2.00. The van der Waals surface area contributed by atoms with Crippen molar-refractivity contribution in [1.29, 1.82) is 0 Å². The zero-order valence-corrected chi connectivity index (χ0v) is 11.2. The minimum Gasteiger partial charge on any atom is -0.481 e. The van der Waals surface area contributed by atoms with Gasteiger partial charge < -0.3 is 15.2 Å². The number of carbonyl (C=O) groups excluding carboxylic acids is 1. The van der Waals surface area contributed by atoms with Crippen LogP contribution >= 0.6 is 0 Å². The molecule has 17 heavy (non-hydrogen) atoms. The van der Waals surface area contributed by atoms with Crippen molar-refractivity contribution in [2.45, 2.75) is 46.6 Å². The van der Waals surface area contributed by atoms with Crippen LogP contribution in [0.4, 0.5) is 4.79 Å². The Morgan fingerprint density at radius 3 is 2.18 bits per heavy atom. The highest BCUT2D eigenvalue weighted by molar-refractivity contribution is 5.72. The molecule has 100 valence electrons. The molecule has 0 fully saturated rings. The van der Waals surface area contributed by atoms with Crippen molar-refractivity contribution in [2.75, 3.05) is 6.54 Å². The summed E-state index contributed by atoms with van der Waals surface area (Å²) in [7, 11) is 0. The number of rotatable bonds is 5. The molecule has 0 saturated carbocycles. The van der Waals surface area contributed by atoms with E-state index in [1.807, 2.05) is 13.8 Å². The molecule has 0 aliphatic rings. The lowest BCUT2D eigenvalue weighted by Gasteiger charge is -2.21. The Hall–Kier alpha value is -1.26. The lowest BCUT2D eigenvalue weighted by Crippen LogP contribution is -2.37. The predicted octanol–water partition coefficient (Wildman–Crippen LogP) is 2.26. The van der Waals surface area contributed by atoms with Crippen LogP contribution in [0.1, 0.15) is 41.0 Å². The fraction of sp³-hybridized carbons (Fsp3) is 0.833. The van der Waals surface area contributed by atoms with Gasteiger partial charge in [0.15, 0.2) is 0 Å². The van der Waals surface area contributed by atoms with E-state index in [1.165, 1.54) is 0 Å². The molecule has 1 amide bonds. The van der Waals surface area contributed by atoms with Gasteiger partial charge in [-0.05, 0) is 33.1 Å². The molecule has 5 nitrogen and oxygen atoms in total. The van der Waals surface area contributed by atoms with Crippen molar-refractivity contribution < 1.29 is 19.4 Å². The second-order valence-electron chi connectivity index (χ2n) is 5.55. The molecule has 0 saturated heterocycles. The third kappa shape index (κ3) is 8.54. The molecule has 0 aromatic carbocycles. The number of amides is 1. The summed E-state index contributed by atoms with van der Waals surface area (Å²) in [5.74, 6) is -1.19. The van der Waals surface area contributed by atoms with Gasteiger partial charge >= 0.3 is 12.1 Å². The molecule has 0 bridgehead atoms. The molecule has 0 rings (SSSR count). The number of hydrogen-bond donors (Lipinski definition) is 2. The number of aliphatic carboxylic acids is 1. The maximum Gasteiger partial charge on any atom is 0.407 e. The van der Waals surface area contributed by atoms with Crippen LogP contribution in [-0.2, 0) is 9.53 Å².